The Labute approximate surface area is 139 Å². The van der Waals surface area contributed by atoms with E-state index in [0.29, 0.717) is 25.1 Å². The lowest BCUT2D eigenvalue weighted by Crippen LogP contribution is -2.34. The largest absolute Gasteiger partial charge is 0.486 e. The summed E-state index contributed by atoms with van der Waals surface area (Å²) in [6.07, 6.45) is 5.92. The fourth-order valence-corrected chi connectivity index (χ4v) is 2.71. The molecule has 0 spiro atoms. The predicted molar refractivity (Wildman–Crippen MR) is 88.5 cm³/mol. The molecule has 3 heterocycles. The fraction of sp³-hybridized carbons (Fsp3) is 0.222. The van der Waals surface area contributed by atoms with Gasteiger partial charge in [0.1, 0.15) is 18.4 Å². The van der Waals surface area contributed by atoms with Crippen molar-refractivity contribution in [1.29, 1.82) is 0 Å². The highest BCUT2D eigenvalue weighted by molar-refractivity contribution is 5.94. The molecular weight excluding hydrogens is 306 g/mol. The van der Waals surface area contributed by atoms with Crippen LogP contribution in [0.3, 0.4) is 0 Å². The second-order valence-electron chi connectivity index (χ2n) is 5.65. The molecule has 24 heavy (non-hydrogen) atoms. The molecule has 0 bridgehead atoms. The van der Waals surface area contributed by atoms with Crippen LogP contribution in [-0.4, -0.2) is 34.5 Å². The van der Waals surface area contributed by atoms with Crippen molar-refractivity contribution in [3.05, 3.63) is 60.6 Å². The van der Waals surface area contributed by atoms with Crippen LogP contribution in [0.1, 0.15) is 16.8 Å². The number of rotatable bonds is 4. The minimum Gasteiger partial charge on any atom is -0.486 e. The number of amides is 1. The molecule has 6 nitrogen and oxygen atoms in total. The molecule has 0 saturated heterocycles. The van der Waals surface area contributed by atoms with Crippen LogP contribution >= 0.6 is 0 Å². The number of hydrogen-bond acceptors (Lipinski definition) is 4. The third-order valence-electron chi connectivity index (χ3n) is 3.97. The number of benzene rings is 1. The van der Waals surface area contributed by atoms with Crippen molar-refractivity contribution in [2.45, 2.75) is 12.5 Å². The lowest BCUT2D eigenvalue weighted by molar-refractivity contribution is 0.0812. The fourth-order valence-electron chi connectivity index (χ4n) is 2.71. The Morgan fingerprint density at radius 1 is 1.25 bits per heavy atom. The van der Waals surface area contributed by atoms with Gasteiger partial charge in [-0.25, -0.2) is 4.98 Å². The topological polar surface area (TPSA) is 64.9 Å². The molecule has 1 atom stereocenters. The van der Waals surface area contributed by atoms with Crippen molar-refractivity contribution in [2.75, 3.05) is 13.2 Å². The molecule has 1 aliphatic heterocycles. The second kappa shape index (κ2) is 6.23. The van der Waals surface area contributed by atoms with Gasteiger partial charge in [0, 0.05) is 31.6 Å². The number of carbonyl (C=O) groups is 1. The van der Waals surface area contributed by atoms with Gasteiger partial charge in [-0.15, -0.1) is 0 Å². The average molecular weight is 323 g/mol. The lowest BCUT2D eigenvalue weighted by atomic mass is 10.2. The summed E-state index contributed by atoms with van der Waals surface area (Å²) in [4.78, 5) is 16.4. The molecule has 0 aliphatic carbocycles. The molecule has 1 N–H and O–H groups in total. The lowest BCUT2D eigenvalue weighted by Gasteiger charge is -2.26. The number of ether oxygens (including phenoxy) is 2. The standard InChI is InChI=1S/C18H17N3O3/c22-18(13-5-6-17-19-9-10-21(17)11-13)20-8-7-14-12-23-15-3-1-2-4-16(15)24-14/h1-6,9-11,14H,7-8,12H2,(H,20,22)/t14-/m0/s1. The van der Waals surface area contributed by atoms with Crippen LogP contribution in [0.25, 0.3) is 5.65 Å². The number of fused-ring (bicyclic) bond motifs is 2. The molecule has 2 aromatic heterocycles. The number of aromatic nitrogens is 2. The molecule has 0 radical (unpaired) electrons. The smallest absolute Gasteiger partial charge is 0.252 e. The molecule has 3 aromatic rings. The van der Waals surface area contributed by atoms with Gasteiger partial charge in [0.2, 0.25) is 0 Å². The summed E-state index contributed by atoms with van der Waals surface area (Å²) in [7, 11) is 0. The van der Waals surface area contributed by atoms with E-state index in [1.165, 1.54) is 0 Å². The van der Waals surface area contributed by atoms with Crippen molar-refractivity contribution in [3.63, 3.8) is 0 Å². The van der Waals surface area contributed by atoms with Crippen LogP contribution in [0.2, 0.25) is 0 Å². The van der Waals surface area contributed by atoms with Crippen LogP contribution in [0, 0.1) is 0 Å². The van der Waals surface area contributed by atoms with E-state index in [-0.39, 0.29) is 12.0 Å². The van der Waals surface area contributed by atoms with Gasteiger partial charge < -0.3 is 19.2 Å². The van der Waals surface area contributed by atoms with E-state index in [2.05, 4.69) is 10.3 Å². The maximum atomic E-state index is 12.2. The van der Waals surface area contributed by atoms with Gasteiger partial charge >= 0.3 is 0 Å². The minimum atomic E-state index is -0.109. The SMILES string of the molecule is O=C(NCC[C@H]1COc2ccccc2O1)c1ccc2nccn2c1. The van der Waals surface area contributed by atoms with E-state index < -0.39 is 0 Å². The Hall–Kier alpha value is -3.02. The Morgan fingerprint density at radius 3 is 3.04 bits per heavy atom. The quantitative estimate of drug-likeness (QED) is 0.800. The molecule has 0 unspecified atom stereocenters. The minimum absolute atomic E-state index is 0.0590. The van der Waals surface area contributed by atoms with Crippen LogP contribution in [-0.2, 0) is 0 Å². The zero-order chi connectivity index (χ0) is 16.4. The summed E-state index contributed by atoms with van der Waals surface area (Å²) in [5, 5.41) is 2.92. The molecule has 1 amide bonds. The number of pyridine rings is 1. The van der Waals surface area contributed by atoms with Crippen LogP contribution in [0.5, 0.6) is 11.5 Å². The van der Waals surface area contributed by atoms with Crippen molar-refractivity contribution in [2.24, 2.45) is 0 Å². The molecule has 1 aromatic carbocycles. The number of nitrogens with one attached hydrogen (secondary N) is 1. The zero-order valence-corrected chi connectivity index (χ0v) is 13.0. The Kier molecular flexibility index (Phi) is 3.78. The van der Waals surface area contributed by atoms with Crippen LogP contribution in [0.4, 0.5) is 0 Å². The monoisotopic (exact) mass is 323 g/mol. The van der Waals surface area contributed by atoms with Gasteiger partial charge in [0.05, 0.1) is 5.56 Å². The highest BCUT2D eigenvalue weighted by atomic mass is 16.6. The van der Waals surface area contributed by atoms with Gasteiger partial charge in [-0.05, 0) is 24.3 Å². The van der Waals surface area contributed by atoms with Gasteiger partial charge in [-0.3, -0.25) is 4.79 Å². The number of nitrogens with zero attached hydrogens (tertiary/aromatic N) is 2. The van der Waals surface area contributed by atoms with Crippen molar-refractivity contribution < 1.29 is 14.3 Å². The highest BCUT2D eigenvalue weighted by Crippen LogP contribution is 2.31. The molecule has 122 valence electrons. The first-order valence-electron chi connectivity index (χ1n) is 7.89. The van der Waals surface area contributed by atoms with E-state index >= 15 is 0 Å². The first-order chi connectivity index (χ1) is 11.8. The summed E-state index contributed by atoms with van der Waals surface area (Å²) < 4.78 is 13.4. The Bertz CT molecular complexity index is 875. The average Bonchev–Trinajstić information content (AvgIpc) is 3.09. The van der Waals surface area contributed by atoms with Crippen LogP contribution < -0.4 is 14.8 Å². The summed E-state index contributed by atoms with van der Waals surface area (Å²) >= 11 is 0. The first kappa shape index (κ1) is 14.6. The molecule has 4 rings (SSSR count). The van der Waals surface area contributed by atoms with Crippen molar-refractivity contribution in [3.8, 4) is 11.5 Å². The molecule has 0 fully saturated rings. The maximum absolute atomic E-state index is 12.2. The van der Waals surface area contributed by atoms with E-state index in [1.807, 2.05) is 40.9 Å². The number of imidazole rings is 1. The molecular formula is C18H17N3O3. The summed E-state index contributed by atoms with van der Waals surface area (Å²) in [5.74, 6) is 1.42. The molecule has 6 heteroatoms. The Morgan fingerprint density at radius 2 is 2.12 bits per heavy atom. The normalized spacial score (nSPS) is 16.1. The first-order valence-corrected chi connectivity index (χ1v) is 7.89. The van der Waals surface area contributed by atoms with Gasteiger partial charge in [0.25, 0.3) is 5.91 Å². The van der Waals surface area contributed by atoms with E-state index in [0.717, 1.165) is 17.1 Å². The second-order valence-corrected chi connectivity index (χ2v) is 5.65. The van der Waals surface area contributed by atoms with Gasteiger partial charge in [-0.2, -0.15) is 0 Å². The molecule has 1 aliphatic rings. The summed E-state index contributed by atoms with van der Waals surface area (Å²) in [5.41, 5.74) is 1.42. The maximum Gasteiger partial charge on any atom is 0.252 e. The highest BCUT2D eigenvalue weighted by Gasteiger charge is 2.20. The molecule has 0 saturated carbocycles. The predicted octanol–water partition coefficient (Wildman–Crippen LogP) is 2.29. The van der Waals surface area contributed by atoms with Crippen molar-refractivity contribution >= 4 is 11.6 Å². The third-order valence-corrected chi connectivity index (χ3v) is 3.97. The summed E-state index contributed by atoms with van der Waals surface area (Å²) in [6.45, 7) is 1.02. The van der Waals surface area contributed by atoms with E-state index in [1.54, 1.807) is 18.5 Å². The van der Waals surface area contributed by atoms with E-state index in [9.17, 15) is 4.79 Å². The van der Waals surface area contributed by atoms with Gasteiger partial charge in [-0.1, -0.05) is 12.1 Å². The van der Waals surface area contributed by atoms with E-state index in [4.69, 9.17) is 9.47 Å². The van der Waals surface area contributed by atoms with Gasteiger partial charge in [0.15, 0.2) is 11.5 Å². The summed E-state index contributed by atoms with van der Waals surface area (Å²) in [6, 6.07) is 11.2. The third kappa shape index (κ3) is 2.90. The zero-order valence-electron chi connectivity index (χ0n) is 13.0. The number of para-hydroxylation sites is 2. The van der Waals surface area contributed by atoms with Crippen LogP contribution in [0.15, 0.2) is 55.0 Å². The number of hydrogen-bond donors (Lipinski definition) is 1. The number of carbonyl (C=O) groups excluding carboxylic acids is 1. The Balaban J connectivity index is 1.32. The van der Waals surface area contributed by atoms with Crippen molar-refractivity contribution in [1.82, 2.24) is 14.7 Å².